The van der Waals surface area contributed by atoms with Gasteiger partial charge in [-0.05, 0) is 44.4 Å². The standard InChI is InChI=1S/C22H24Cl2N4O6/c1-12(30)7-16(11-29)25-21(33)18-3-2-6-27-19(31)5-4-17(22(34)28(18)27)26-20(32)13-8-14(23)10-15(24)9-13/h8-11,16-18H,2-7H2,1H3,(H,25,33)(H,26,32)/t16-,17-,18-/m0/s1. The Balaban J connectivity index is 1.82. The van der Waals surface area contributed by atoms with Crippen LogP contribution in [0.4, 0.5) is 0 Å². The first-order valence-electron chi connectivity index (χ1n) is 10.8. The van der Waals surface area contributed by atoms with E-state index in [4.69, 9.17) is 23.2 Å². The largest absolute Gasteiger partial charge is 0.344 e. The number of aldehydes is 1. The number of hydrogen-bond acceptors (Lipinski definition) is 6. The molecule has 3 atom stereocenters. The van der Waals surface area contributed by atoms with E-state index in [9.17, 15) is 28.8 Å². The molecule has 0 aliphatic carbocycles. The van der Waals surface area contributed by atoms with Gasteiger partial charge in [0.25, 0.3) is 11.8 Å². The fourth-order valence-electron chi connectivity index (χ4n) is 4.05. The van der Waals surface area contributed by atoms with Gasteiger partial charge in [0.15, 0.2) is 0 Å². The number of ketones is 1. The molecule has 2 fully saturated rings. The molecule has 4 amide bonds. The van der Waals surface area contributed by atoms with Gasteiger partial charge in [-0.15, -0.1) is 0 Å². The van der Waals surface area contributed by atoms with E-state index in [2.05, 4.69) is 10.6 Å². The van der Waals surface area contributed by atoms with Gasteiger partial charge in [-0.25, -0.2) is 5.01 Å². The molecule has 2 aliphatic rings. The van der Waals surface area contributed by atoms with Gasteiger partial charge in [-0.3, -0.25) is 29.0 Å². The van der Waals surface area contributed by atoms with Crippen molar-refractivity contribution < 1.29 is 28.8 Å². The van der Waals surface area contributed by atoms with Gasteiger partial charge in [0.2, 0.25) is 11.8 Å². The summed E-state index contributed by atoms with van der Waals surface area (Å²) in [5.74, 6) is -2.53. The van der Waals surface area contributed by atoms with E-state index in [1.807, 2.05) is 0 Å². The number of carbonyl (C=O) groups is 6. The highest BCUT2D eigenvalue weighted by Crippen LogP contribution is 2.26. The molecule has 10 nitrogen and oxygen atoms in total. The Labute approximate surface area is 205 Å². The van der Waals surface area contributed by atoms with Crippen molar-refractivity contribution in [3.05, 3.63) is 33.8 Å². The topological polar surface area (TPSA) is 133 Å². The lowest BCUT2D eigenvalue weighted by atomic mass is 10.0. The van der Waals surface area contributed by atoms with Crippen LogP contribution in [-0.2, 0) is 24.0 Å². The number of amides is 4. The molecule has 0 bridgehead atoms. The van der Waals surface area contributed by atoms with Gasteiger partial charge >= 0.3 is 0 Å². The number of fused-ring (bicyclic) bond motifs is 1. The van der Waals surface area contributed by atoms with Crippen molar-refractivity contribution in [3.63, 3.8) is 0 Å². The van der Waals surface area contributed by atoms with E-state index in [1.54, 1.807) is 0 Å². The molecule has 0 unspecified atom stereocenters. The van der Waals surface area contributed by atoms with Crippen molar-refractivity contribution in [2.75, 3.05) is 6.54 Å². The van der Waals surface area contributed by atoms with E-state index in [1.165, 1.54) is 30.1 Å². The number of carbonyl (C=O) groups excluding carboxylic acids is 6. The van der Waals surface area contributed by atoms with Crippen LogP contribution in [0.25, 0.3) is 0 Å². The normalized spacial score (nSPS) is 21.3. The smallest absolute Gasteiger partial charge is 0.264 e. The van der Waals surface area contributed by atoms with Crippen molar-refractivity contribution >= 4 is 58.9 Å². The second-order valence-electron chi connectivity index (χ2n) is 8.24. The van der Waals surface area contributed by atoms with Crippen LogP contribution in [-0.4, -0.2) is 70.4 Å². The predicted molar refractivity (Wildman–Crippen MR) is 122 cm³/mol. The lowest BCUT2D eigenvalue weighted by molar-refractivity contribution is -0.176. The minimum atomic E-state index is -1.08. The maximum absolute atomic E-state index is 13.4. The summed E-state index contributed by atoms with van der Waals surface area (Å²) in [7, 11) is 0. The van der Waals surface area contributed by atoms with E-state index >= 15 is 0 Å². The monoisotopic (exact) mass is 510 g/mol. The Morgan fingerprint density at radius 1 is 1.15 bits per heavy atom. The zero-order valence-corrected chi connectivity index (χ0v) is 19.9. The Morgan fingerprint density at radius 3 is 2.44 bits per heavy atom. The van der Waals surface area contributed by atoms with Crippen LogP contribution in [0.5, 0.6) is 0 Å². The number of nitrogens with zero attached hydrogens (tertiary/aromatic N) is 2. The molecule has 12 heteroatoms. The third-order valence-corrected chi connectivity index (χ3v) is 6.03. The fourth-order valence-corrected chi connectivity index (χ4v) is 4.58. The molecule has 0 aromatic heterocycles. The highest BCUT2D eigenvalue weighted by Gasteiger charge is 2.44. The Morgan fingerprint density at radius 2 is 1.82 bits per heavy atom. The van der Waals surface area contributed by atoms with Gasteiger partial charge < -0.3 is 15.4 Å². The second kappa shape index (κ2) is 11.0. The molecule has 2 aliphatic heterocycles. The number of benzene rings is 1. The van der Waals surface area contributed by atoms with Crippen molar-refractivity contribution in [2.24, 2.45) is 0 Å². The average molecular weight is 511 g/mol. The summed E-state index contributed by atoms with van der Waals surface area (Å²) >= 11 is 11.9. The third-order valence-electron chi connectivity index (χ3n) is 5.59. The van der Waals surface area contributed by atoms with Crippen molar-refractivity contribution in [3.8, 4) is 0 Å². The highest BCUT2D eigenvalue weighted by atomic mass is 35.5. The van der Waals surface area contributed by atoms with Gasteiger partial charge in [-0.1, -0.05) is 23.2 Å². The Bertz CT molecular complexity index is 1010. The number of rotatable bonds is 7. The van der Waals surface area contributed by atoms with E-state index < -0.39 is 35.8 Å². The average Bonchev–Trinajstić information content (AvgIpc) is 2.89. The first-order chi connectivity index (χ1) is 16.1. The van der Waals surface area contributed by atoms with Gasteiger partial charge in [-0.2, -0.15) is 0 Å². The Hall–Kier alpha value is -2.98. The van der Waals surface area contributed by atoms with E-state index in [-0.39, 0.29) is 59.5 Å². The predicted octanol–water partition coefficient (Wildman–Crippen LogP) is 1.28. The molecule has 2 N–H and O–H groups in total. The number of hydrogen-bond donors (Lipinski definition) is 2. The molecule has 2 heterocycles. The lowest BCUT2D eigenvalue weighted by Crippen LogP contribution is -2.64. The number of hydrazine groups is 1. The summed E-state index contributed by atoms with van der Waals surface area (Å²) in [6.07, 6.45) is 1.01. The maximum Gasteiger partial charge on any atom is 0.264 e. The summed E-state index contributed by atoms with van der Waals surface area (Å²) < 4.78 is 0. The minimum Gasteiger partial charge on any atom is -0.344 e. The van der Waals surface area contributed by atoms with Gasteiger partial charge in [0.05, 0.1) is 6.04 Å². The van der Waals surface area contributed by atoms with Crippen LogP contribution in [0.15, 0.2) is 18.2 Å². The van der Waals surface area contributed by atoms with E-state index in [0.717, 1.165) is 5.01 Å². The van der Waals surface area contributed by atoms with Crippen LogP contribution in [0, 0.1) is 0 Å². The molecule has 1 aromatic carbocycles. The molecule has 182 valence electrons. The van der Waals surface area contributed by atoms with Crippen LogP contribution in [0.2, 0.25) is 10.0 Å². The molecule has 0 spiro atoms. The molecular formula is C22H24Cl2N4O6. The van der Waals surface area contributed by atoms with Crippen LogP contribution in [0.1, 0.15) is 49.4 Å². The quantitative estimate of drug-likeness (QED) is 0.530. The summed E-state index contributed by atoms with van der Waals surface area (Å²) in [5, 5.41) is 7.87. The lowest BCUT2D eigenvalue weighted by Gasteiger charge is -2.43. The highest BCUT2D eigenvalue weighted by molar-refractivity contribution is 6.35. The van der Waals surface area contributed by atoms with Crippen molar-refractivity contribution in [1.82, 2.24) is 20.7 Å². The maximum atomic E-state index is 13.4. The first-order valence-corrected chi connectivity index (χ1v) is 11.5. The molecule has 2 saturated heterocycles. The molecule has 34 heavy (non-hydrogen) atoms. The zero-order valence-electron chi connectivity index (χ0n) is 18.4. The van der Waals surface area contributed by atoms with Gasteiger partial charge in [0.1, 0.15) is 24.2 Å². The minimum absolute atomic E-state index is 0.0148. The molecule has 0 saturated carbocycles. The SMILES string of the molecule is CC(=O)C[C@@H](C=O)NC(=O)[C@@H]1CCCN2C(=O)CC[C@H](NC(=O)c3cc(Cl)cc(Cl)c3)C(=O)N12. The van der Waals surface area contributed by atoms with Crippen LogP contribution >= 0.6 is 23.2 Å². The van der Waals surface area contributed by atoms with Crippen LogP contribution in [0.3, 0.4) is 0 Å². The summed E-state index contributed by atoms with van der Waals surface area (Å²) in [4.78, 5) is 74.5. The molecular weight excluding hydrogens is 487 g/mol. The molecule has 1 aromatic rings. The van der Waals surface area contributed by atoms with E-state index in [0.29, 0.717) is 12.7 Å². The van der Waals surface area contributed by atoms with Gasteiger partial charge in [0, 0.05) is 35.0 Å². The molecule has 0 radical (unpaired) electrons. The Kier molecular flexibility index (Phi) is 8.27. The van der Waals surface area contributed by atoms with Crippen LogP contribution < -0.4 is 10.6 Å². The summed E-state index contributed by atoms with van der Waals surface area (Å²) in [5.41, 5.74) is 0.142. The summed E-state index contributed by atoms with van der Waals surface area (Å²) in [6, 6.07) is 1.06. The third kappa shape index (κ3) is 5.92. The number of nitrogens with one attached hydrogen (secondary N) is 2. The zero-order chi connectivity index (χ0) is 25.0. The first kappa shape index (κ1) is 25.6. The number of halogens is 2. The summed E-state index contributed by atoms with van der Waals surface area (Å²) in [6.45, 7) is 1.53. The number of Topliss-reactive ketones (excluding diaryl/α,β-unsaturated/α-hetero) is 1. The second-order valence-corrected chi connectivity index (χ2v) is 9.11. The van der Waals surface area contributed by atoms with Crippen molar-refractivity contribution in [1.29, 1.82) is 0 Å². The molecule has 3 rings (SSSR count). The van der Waals surface area contributed by atoms with Crippen molar-refractivity contribution in [2.45, 2.75) is 57.2 Å². The fraction of sp³-hybridized carbons (Fsp3) is 0.455.